The summed E-state index contributed by atoms with van der Waals surface area (Å²) in [6.45, 7) is 5.69. The number of benzene rings is 1. The fraction of sp³-hybridized carbons (Fsp3) is 0.400. The molecule has 0 aliphatic carbocycles. The van der Waals surface area contributed by atoms with E-state index >= 15 is 0 Å². The Morgan fingerprint density at radius 3 is 2.39 bits per heavy atom. The summed E-state index contributed by atoms with van der Waals surface area (Å²) < 4.78 is 0. The smallest absolute Gasteiger partial charge is 0.229 e. The molecule has 0 fully saturated rings. The Kier molecular flexibility index (Phi) is 4.94. The second-order valence-electron chi connectivity index (χ2n) is 5.06. The molecular weight excluding hydrogens is 226 g/mol. The van der Waals surface area contributed by atoms with Gasteiger partial charge < -0.3 is 10.4 Å². The zero-order valence-corrected chi connectivity index (χ0v) is 11.1. The number of nitrogens with one attached hydrogen (secondary N) is 1. The van der Waals surface area contributed by atoms with Crippen molar-refractivity contribution in [2.75, 3.05) is 11.9 Å². The van der Waals surface area contributed by atoms with E-state index in [2.05, 4.69) is 17.2 Å². The van der Waals surface area contributed by atoms with Gasteiger partial charge in [0.2, 0.25) is 5.91 Å². The van der Waals surface area contributed by atoms with Crippen molar-refractivity contribution < 1.29 is 9.90 Å². The van der Waals surface area contributed by atoms with Gasteiger partial charge in [0.25, 0.3) is 0 Å². The van der Waals surface area contributed by atoms with Crippen LogP contribution in [0.3, 0.4) is 0 Å². The van der Waals surface area contributed by atoms with Crippen molar-refractivity contribution in [2.45, 2.75) is 27.2 Å². The number of hydrogen-bond donors (Lipinski definition) is 2. The normalized spacial score (nSPS) is 10.4. The van der Waals surface area contributed by atoms with Gasteiger partial charge in [-0.3, -0.25) is 4.79 Å². The molecule has 1 aromatic carbocycles. The average Bonchev–Trinajstić information content (AvgIpc) is 2.30. The summed E-state index contributed by atoms with van der Waals surface area (Å²) in [5.74, 6) is 5.77. The van der Waals surface area contributed by atoms with Crippen LogP contribution in [0, 0.1) is 17.3 Å². The lowest BCUT2D eigenvalue weighted by Crippen LogP contribution is -2.27. The summed E-state index contributed by atoms with van der Waals surface area (Å²) in [4.78, 5) is 11.8. The van der Waals surface area contributed by atoms with Gasteiger partial charge >= 0.3 is 0 Å². The predicted molar refractivity (Wildman–Crippen MR) is 73.1 cm³/mol. The van der Waals surface area contributed by atoms with Crippen LogP contribution < -0.4 is 5.32 Å². The van der Waals surface area contributed by atoms with Crippen molar-refractivity contribution in [3.8, 4) is 11.8 Å². The molecule has 0 bridgehead atoms. The lowest BCUT2D eigenvalue weighted by atomic mass is 9.95. The van der Waals surface area contributed by atoms with Crippen molar-refractivity contribution in [3.63, 3.8) is 0 Å². The number of aliphatic hydroxyl groups excluding tert-OH is 1. The summed E-state index contributed by atoms with van der Waals surface area (Å²) in [5, 5.41) is 11.5. The van der Waals surface area contributed by atoms with Gasteiger partial charge in [0.05, 0.1) is 6.61 Å². The Labute approximate surface area is 108 Å². The molecule has 0 unspecified atom stereocenters. The molecule has 0 radical (unpaired) electrons. The largest absolute Gasteiger partial charge is 0.395 e. The zero-order valence-electron chi connectivity index (χ0n) is 11.1. The minimum Gasteiger partial charge on any atom is -0.395 e. The van der Waals surface area contributed by atoms with Crippen molar-refractivity contribution in [2.24, 2.45) is 5.41 Å². The number of amides is 1. The summed E-state index contributed by atoms with van der Waals surface area (Å²) in [7, 11) is 0. The minimum atomic E-state index is -0.403. The molecular formula is C15H19NO2. The molecule has 0 aliphatic heterocycles. The SMILES string of the molecule is CC(C)(C)C(=O)Nc1ccc(C#CCCO)cc1. The maximum atomic E-state index is 11.8. The highest BCUT2D eigenvalue weighted by Gasteiger charge is 2.20. The van der Waals surface area contributed by atoms with E-state index in [-0.39, 0.29) is 12.5 Å². The van der Waals surface area contributed by atoms with Crippen LogP contribution in [-0.4, -0.2) is 17.6 Å². The number of carbonyl (C=O) groups excluding carboxylic acids is 1. The maximum Gasteiger partial charge on any atom is 0.229 e. The second kappa shape index (κ2) is 6.23. The first kappa shape index (κ1) is 14.3. The van der Waals surface area contributed by atoms with E-state index in [0.717, 1.165) is 11.3 Å². The van der Waals surface area contributed by atoms with Gasteiger partial charge in [-0.2, -0.15) is 0 Å². The topological polar surface area (TPSA) is 49.3 Å². The average molecular weight is 245 g/mol. The Bertz CT molecular complexity index is 458. The first-order valence-electron chi connectivity index (χ1n) is 5.95. The van der Waals surface area contributed by atoms with Crippen LogP contribution in [0.1, 0.15) is 32.8 Å². The van der Waals surface area contributed by atoms with Crippen LogP contribution in [0.5, 0.6) is 0 Å². The van der Waals surface area contributed by atoms with Crippen LogP contribution in [0.25, 0.3) is 0 Å². The molecule has 0 aromatic heterocycles. The van der Waals surface area contributed by atoms with Crippen LogP contribution >= 0.6 is 0 Å². The number of rotatable bonds is 2. The van der Waals surface area contributed by atoms with Gasteiger partial charge in [-0.15, -0.1) is 0 Å². The fourth-order valence-electron chi connectivity index (χ4n) is 1.18. The van der Waals surface area contributed by atoms with Crippen molar-refractivity contribution in [1.29, 1.82) is 0 Å². The molecule has 3 nitrogen and oxygen atoms in total. The van der Waals surface area contributed by atoms with Gasteiger partial charge in [0.15, 0.2) is 0 Å². The number of hydrogen-bond acceptors (Lipinski definition) is 2. The number of aliphatic hydroxyl groups is 1. The summed E-state index contributed by atoms with van der Waals surface area (Å²) >= 11 is 0. The maximum absolute atomic E-state index is 11.8. The lowest BCUT2D eigenvalue weighted by molar-refractivity contribution is -0.123. The first-order valence-corrected chi connectivity index (χ1v) is 5.95. The van der Waals surface area contributed by atoms with E-state index in [1.807, 2.05) is 45.0 Å². The van der Waals surface area contributed by atoms with E-state index < -0.39 is 5.41 Å². The predicted octanol–water partition coefficient (Wildman–Crippen LogP) is 2.41. The molecule has 96 valence electrons. The Morgan fingerprint density at radius 2 is 1.89 bits per heavy atom. The molecule has 0 aliphatic rings. The van der Waals surface area contributed by atoms with Crippen LogP contribution in [0.2, 0.25) is 0 Å². The molecule has 0 saturated carbocycles. The lowest BCUT2D eigenvalue weighted by Gasteiger charge is -2.17. The highest BCUT2D eigenvalue weighted by atomic mass is 16.2. The monoisotopic (exact) mass is 245 g/mol. The number of carbonyl (C=O) groups is 1. The van der Waals surface area contributed by atoms with Crippen molar-refractivity contribution in [3.05, 3.63) is 29.8 Å². The quantitative estimate of drug-likeness (QED) is 0.786. The molecule has 0 saturated heterocycles. The van der Waals surface area contributed by atoms with E-state index in [9.17, 15) is 4.79 Å². The number of anilines is 1. The van der Waals surface area contributed by atoms with Crippen molar-refractivity contribution >= 4 is 11.6 Å². The van der Waals surface area contributed by atoms with E-state index in [1.165, 1.54) is 0 Å². The Balaban J connectivity index is 2.67. The first-order chi connectivity index (χ1) is 8.43. The zero-order chi connectivity index (χ0) is 13.6. The van der Waals surface area contributed by atoms with E-state index in [0.29, 0.717) is 6.42 Å². The van der Waals surface area contributed by atoms with Crippen LogP contribution in [0.15, 0.2) is 24.3 Å². The molecule has 1 rings (SSSR count). The fourth-order valence-corrected chi connectivity index (χ4v) is 1.18. The second-order valence-corrected chi connectivity index (χ2v) is 5.06. The Morgan fingerprint density at radius 1 is 1.28 bits per heavy atom. The molecule has 0 spiro atoms. The molecule has 1 aromatic rings. The van der Waals surface area contributed by atoms with Gasteiger partial charge in [-0.25, -0.2) is 0 Å². The third kappa shape index (κ3) is 4.60. The summed E-state index contributed by atoms with van der Waals surface area (Å²) in [6.07, 6.45) is 0.475. The molecule has 1 amide bonds. The molecule has 0 atom stereocenters. The molecule has 18 heavy (non-hydrogen) atoms. The summed E-state index contributed by atoms with van der Waals surface area (Å²) in [5.41, 5.74) is 1.24. The standard InChI is InChI=1S/C15H19NO2/c1-15(2,3)14(18)16-13-9-7-12(8-10-13)6-4-5-11-17/h7-10,17H,5,11H2,1-3H3,(H,16,18). The molecule has 0 heterocycles. The highest BCUT2D eigenvalue weighted by Crippen LogP contribution is 2.17. The third-order valence-corrected chi connectivity index (χ3v) is 2.29. The van der Waals surface area contributed by atoms with Gasteiger partial charge in [-0.1, -0.05) is 32.6 Å². The Hall–Kier alpha value is -1.79. The minimum absolute atomic E-state index is 0.0124. The van der Waals surface area contributed by atoms with E-state index in [4.69, 9.17) is 5.11 Å². The van der Waals surface area contributed by atoms with Gasteiger partial charge in [0, 0.05) is 23.1 Å². The third-order valence-electron chi connectivity index (χ3n) is 2.29. The van der Waals surface area contributed by atoms with Crippen molar-refractivity contribution in [1.82, 2.24) is 0 Å². The van der Waals surface area contributed by atoms with E-state index in [1.54, 1.807) is 0 Å². The summed E-state index contributed by atoms with van der Waals surface area (Å²) in [6, 6.07) is 7.35. The van der Waals surface area contributed by atoms with Crippen LogP contribution in [-0.2, 0) is 4.79 Å². The highest BCUT2D eigenvalue weighted by molar-refractivity contribution is 5.94. The molecule has 3 heteroatoms. The van der Waals surface area contributed by atoms with Gasteiger partial charge in [0.1, 0.15) is 0 Å². The molecule has 2 N–H and O–H groups in total. The van der Waals surface area contributed by atoms with Crippen LogP contribution in [0.4, 0.5) is 5.69 Å². The van der Waals surface area contributed by atoms with Gasteiger partial charge in [-0.05, 0) is 24.3 Å².